The van der Waals surface area contributed by atoms with Gasteiger partial charge >= 0.3 is 0 Å². The Labute approximate surface area is 109 Å². The summed E-state index contributed by atoms with van der Waals surface area (Å²) in [5, 5.41) is 13.4. The third kappa shape index (κ3) is 3.22. The van der Waals surface area contributed by atoms with Crippen LogP contribution in [0.3, 0.4) is 0 Å². The Hall–Kier alpha value is -1.03. The Morgan fingerprint density at radius 3 is 2.71 bits per heavy atom. The first-order valence-electron chi connectivity index (χ1n) is 5.75. The van der Waals surface area contributed by atoms with Crippen molar-refractivity contribution in [2.24, 2.45) is 5.41 Å². The minimum absolute atomic E-state index is 0.0290. The molecule has 1 fully saturated rings. The molecule has 2 rings (SSSR count). The van der Waals surface area contributed by atoms with E-state index >= 15 is 0 Å². The van der Waals surface area contributed by atoms with Crippen LogP contribution >= 0.6 is 15.9 Å². The van der Waals surface area contributed by atoms with Crippen molar-refractivity contribution in [1.29, 1.82) is 0 Å². The molecule has 1 saturated carbocycles. The molecular weight excluding hydrogens is 282 g/mol. The highest BCUT2D eigenvalue weighted by molar-refractivity contribution is 9.09. The van der Waals surface area contributed by atoms with Crippen LogP contribution in [0, 0.1) is 5.41 Å². The summed E-state index contributed by atoms with van der Waals surface area (Å²) in [6.07, 6.45) is 2.59. The van der Waals surface area contributed by atoms with Gasteiger partial charge in [0, 0.05) is 17.4 Å². The van der Waals surface area contributed by atoms with Crippen molar-refractivity contribution in [2.75, 3.05) is 11.9 Å². The quantitative estimate of drug-likeness (QED) is 0.819. The number of hydrogen-bond acceptors (Lipinski definition) is 2. The number of para-hydroxylation sites is 1. The largest absolute Gasteiger partial charge is 0.508 e. The second-order valence-electron chi connectivity index (χ2n) is 4.72. The molecule has 1 aliphatic rings. The number of phenols is 1. The zero-order valence-corrected chi connectivity index (χ0v) is 11.2. The number of nitrogens with one attached hydrogen (secondary N) is 1. The van der Waals surface area contributed by atoms with Gasteiger partial charge in [0.1, 0.15) is 5.75 Å². The monoisotopic (exact) mass is 297 g/mol. The molecule has 3 nitrogen and oxygen atoms in total. The normalized spacial score (nSPS) is 16.5. The van der Waals surface area contributed by atoms with Crippen molar-refractivity contribution < 1.29 is 9.90 Å². The van der Waals surface area contributed by atoms with E-state index < -0.39 is 0 Å². The minimum atomic E-state index is -0.0290. The second-order valence-corrected chi connectivity index (χ2v) is 5.28. The lowest BCUT2D eigenvalue weighted by molar-refractivity contribution is -0.120. The van der Waals surface area contributed by atoms with Crippen LogP contribution in [0.5, 0.6) is 5.75 Å². The molecule has 0 aromatic heterocycles. The van der Waals surface area contributed by atoms with E-state index in [2.05, 4.69) is 21.2 Å². The van der Waals surface area contributed by atoms with Crippen LogP contribution < -0.4 is 5.32 Å². The number of amides is 1. The Bertz CT molecular complexity index is 416. The summed E-state index contributed by atoms with van der Waals surface area (Å²) in [7, 11) is 0. The zero-order valence-electron chi connectivity index (χ0n) is 9.58. The average molecular weight is 298 g/mol. The van der Waals surface area contributed by atoms with E-state index in [4.69, 9.17) is 0 Å². The van der Waals surface area contributed by atoms with Crippen LogP contribution in [0.2, 0.25) is 0 Å². The first-order valence-corrected chi connectivity index (χ1v) is 6.87. The van der Waals surface area contributed by atoms with Crippen molar-refractivity contribution in [3.8, 4) is 5.75 Å². The second kappa shape index (κ2) is 5.08. The molecule has 0 aliphatic heterocycles. The summed E-state index contributed by atoms with van der Waals surface area (Å²) in [6.45, 7) is 0.727. The topological polar surface area (TPSA) is 49.3 Å². The highest BCUT2D eigenvalue weighted by atomic mass is 79.9. The van der Waals surface area contributed by atoms with E-state index in [0.717, 1.165) is 11.9 Å². The van der Waals surface area contributed by atoms with Gasteiger partial charge in [-0.25, -0.2) is 0 Å². The first kappa shape index (κ1) is 12.4. The van der Waals surface area contributed by atoms with Gasteiger partial charge in [0.15, 0.2) is 0 Å². The van der Waals surface area contributed by atoms with Crippen LogP contribution in [0.1, 0.15) is 18.4 Å². The summed E-state index contributed by atoms with van der Waals surface area (Å²) in [6, 6.07) is 6.94. The third-order valence-corrected chi connectivity index (χ3v) is 4.43. The van der Waals surface area contributed by atoms with Crippen molar-refractivity contribution in [3.63, 3.8) is 0 Å². The zero-order chi connectivity index (χ0) is 12.3. The summed E-state index contributed by atoms with van der Waals surface area (Å²) >= 11 is 3.47. The molecule has 17 heavy (non-hydrogen) atoms. The highest BCUT2D eigenvalue weighted by Crippen LogP contribution is 2.46. The number of aromatic hydroxyl groups is 1. The molecular formula is C13H16BrNO2. The van der Waals surface area contributed by atoms with Crippen molar-refractivity contribution in [1.82, 2.24) is 5.32 Å². The lowest BCUT2D eigenvalue weighted by atomic mass is 10.1. The van der Waals surface area contributed by atoms with E-state index in [0.29, 0.717) is 5.56 Å². The molecule has 0 spiro atoms. The maximum absolute atomic E-state index is 11.7. The third-order valence-electron chi connectivity index (χ3n) is 3.24. The predicted octanol–water partition coefficient (Wildman–Crippen LogP) is 2.23. The van der Waals surface area contributed by atoms with Gasteiger partial charge in [0.05, 0.1) is 6.42 Å². The van der Waals surface area contributed by atoms with Gasteiger partial charge in [0.2, 0.25) is 5.91 Å². The Kier molecular flexibility index (Phi) is 3.72. The number of carbonyl (C=O) groups excluding carboxylic acids is 1. The van der Waals surface area contributed by atoms with Gasteiger partial charge in [-0.1, -0.05) is 34.1 Å². The van der Waals surface area contributed by atoms with Crippen molar-refractivity contribution in [3.05, 3.63) is 29.8 Å². The lowest BCUT2D eigenvalue weighted by Gasteiger charge is -2.12. The molecule has 0 unspecified atom stereocenters. The van der Waals surface area contributed by atoms with Crippen molar-refractivity contribution >= 4 is 21.8 Å². The maximum Gasteiger partial charge on any atom is 0.224 e. The van der Waals surface area contributed by atoms with E-state index in [1.165, 1.54) is 12.8 Å². The van der Waals surface area contributed by atoms with Crippen LogP contribution in [0.15, 0.2) is 24.3 Å². The van der Waals surface area contributed by atoms with Crippen LogP contribution in [-0.2, 0) is 11.2 Å². The molecule has 0 heterocycles. The highest BCUT2D eigenvalue weighted by Gasteiger charge is 2.41. The Morgan fingerprint density at radius 2 is 2.12 bits per heavy atom. The van der Waals surface area contributed by atoms with Gasteiger partial charge in [-0.05, 0) is 24.3 Å². The number of hydrogen-bond donors (Lipinski definition) is 2. The first-order chi connectivity index (χ1) is 8.15. The van der Waals surface area contributed by atoms with Crippen LogP contribution in [-0.4, -0.2) is 22.9 Å². The molecule has 1 aromatic rings. The maximum atomic E-state index is 11.7. The predicted molar refractivity (Wildman–Crippen MR) is 70.3 cm³/mol. The number of rotatable bonds is 5. The van der Waals surface area contributed by atoms with E-state index in [-0.39, 0.29) is 23.5 Å². The van der Waals surface area contributed by atoms with Gasteiger partial charge in [-0.2, -0.15) is 0 Å². The van der Waals surface area contributed by atoms with E-state index in [1.807, 2.05) is 6.07 Å². The molecule has 1 aliphatic carbocycles. The average Bonchev–Trinajstić information content (AvgIpc) is 3.10. The van der Waals surface area contributed by atoms with E-state index in [1.54, 1.807) is 18.2 Å². The van der Waals surface area contributed by atoms with Crippen LogP contribution in [0.25, 0.3) is 0 Å². The van der Waals surface area contributed by atoms with E-state index in [9.17, 15) is 9.90 Å². The fourth-order valence-electron chi connectivity index (χ4n) is 1.72. The Morgan fingerprint density at radius 1 is 1.41 bits per heavy atom. The van der Waals surface area contributed by atoms with Gasteiger partial charge in [-0.3, -0.25) is 4.79 Å². The molecule has 0 atom stereocenters. The number of benzene rings is 1. The summed E-state index contributed by atoms with van der Waals surface area (Å²) in [5.74, 6) is 0.156. The molecule has 0 radical (unpaired) electrons. The number of carbonyl (C=O) groups is 1. The SMILES string of the molecule is O=C(Cc1ccccc1O)NCC1(CBr)CC1. The summed E-state index contributed by atoms with van der Waals surface area (Å²) < 4.78 is 0. The number of halogens is 1. The fourth-order valence-corrected chi connectivity index (χ4v) is 2.48. The minimum Gasteiger partial charge on any atom is -0.508 e. The number of phenolic OH excluding ortho intramolecular Hbond substituents is 1. The molecule has 2 N–H and O–H groups in total. The van der Waals surface area contributed by atoms with Gasteiger partial charge in [-0.15, -0.1) is 0 Å². The molecule has 4 heteroatoms. The molecule has 92 valence electrons. The lowest BCUT2D eigenvalue weighted by Crippen LogP contribution is -2.32. The summed E-state index contributed by atoms with van der Waals surface area (Å²) in [4.78, 5) is 11.7. The van der Waals surface area contributed by atoms with Crippen LogP contribution in [0.4, 0.5) is 0 Å². The van der Waals surface area contributed by atoms with Gasteiger partial charge in [0.25, 0.3) is 0 Å². The summed E-state index contributed by atoms with van der Waals surface area (Å²) in [5.41, 5.74) is 0.961. The van der Waals surface area contributed by atoms with Crippen molar-refractivity contribution in [2.45, 2.75) is 19.3 Å². The Balaban J connectivity index is 1.83. The molecule has 1 amide bonds. The number of alkyl halides is 1. The standard InChI is InChI=1S/C13H16BrNO2/c14-8-13(5-6-13)9-15-12(17)7-10-3-1-2-4-11(10)16/h1-4,16H,5-9H2,(H,15,17). The molecule has 0 bridgehead atoms. The molecule has 1 aromatic carbocycles. The molecule has 0 saturated heterocycles. The smallest absolute Gasteiger partial charge is 0.224 e. The fraction of sp³-hybridized carbons (Fsp3) is 0.462. The van der Waals surface area contributed by atoms with Gasteiger partial charge < -0.3 is 10.4 Å².